The Morgan fingerprint density at radius 2 is 1.53 bits per heavy atom. The molecule has 0 radical (unpaired) electrons. The molecule has 1 aromatic heterocycles. The van der Waals surface area contributed by atoms with Crippen molar-refractivity contribution >= 4 is 29.6 Å². The summed E-state index contributed by atoms with van der Waals surface area (Å²) < 4.78 is 0. The highest BCUT2D eigenvalue weighted by Gasteiger charge is 2.30. The predicted octanol–water partition coefficient (Wildman–Crippen LogP) is -2.98. The molecule has 206 valence electrons. The van der Waals surface area contributed by atoms with Crippen molar-refractivity contribution in [3.63, 3.8) is 0 Å². The Morgan fingerprint density at radius 1 is 0.921 bits per heavy atom. The van der Waals surface area contributed by atoms with Crippen LogP contribution in [0.25, 0.3) is 0 Å². The minimum Gasteiger partial charge on any atom is -0.508 e. The Kier molecular flexibility index (Phi) is 11.2. The van der Waals surface area contributed by atoms with Crippen LogP contribution < -0.4 is 27.4 Å². The summed E-state index contributed by atoms with van der Waals surface area (Å²) in [5, 5.41) is 35.5. The zero-order chi connectivity index (χ0) is 28.2. The number of aromatic hydroxyl groups is 1. The van der Waals surface area contributed by atoms with Gasteiger partial charge >= 0.3 is 5.97 Å². The highest BCUT2D eigenvalue weighted by molar-refractivity contribution is 5.94. The first-order valence-corrected chi connectivity index (χ1v) is 11.5. The Morgan fingerprint density at radius 3 is 2.08 bits per heavy atom. The molecule has 0 aliphatic rings. The Labute approximate surface area is 217 Å². The molecular weight excluding hydrogens is 502 g/mol. The molecule has 0 saturated heterocycles. The van der Waals surface area contributed by atoms with Crippen molar-refractivity contribution in [2.75, 3.05) is 6.61 Å². The molecule has 0 bridgehead atoms. The largest absolute Gasteiger partial charge is 0.508 e. The molecule has 0 aliphatic heterocycles. The summed E-state index contributed by atoms with van der Waals surface area (Å²) in [6, 6.07) is 0.279. The van der Waals surface area contributed by atoms with Crippen LogP contribution in [0.4, 0.5) is 0 Å². The van der Waals surface area contributed by atoms with Gasteiger partial charge in [-0.05, 0) is 24.1 Å². The average Bonchev–Trinajstić information content (AvgIpc) is 3.38. The van der Waals surface area contributed by atoms with Crippen molar-refractivity contribution in [3.05, 3.63) is 48.0 Å². The van der Waals surface area contributed by atoms with E-state index in [2.05, 4.69) is 25.9 Å². The Bertz CT molecular complexity index is 1110. The van der Waals surface area contributed by atoms with E-state index in [9.17, 15) is 39.3 Å². The van der Waals surface area contributed by atoms with Gasteiger partial charge in [0.05, 0.1) is 19.0 Å². The van der Waals surface area contributed by atoms with E-state index in [1.54, 1.807) is 0 Å². The van der Waals surface area contributed by atoms with Crippen LogP contribution in [0, 0.1) is 0 Å². The number of phenolic OH excluding ortho intramolecular Hbond substituents is 1. The number of rotatable bonds is 15. The lowest BCUT2D eigenvalue weighted by Gasteiger charge is -2.24. The monoisotopic (exact) mass is 533 g/mol. The molecule has 11 N–H and O–H groups in total. The lowest BCUT2D eigenvalue weighted by Crippen LogP contribution is -2.58. The van der Waals surface area contributed by atoms with Crippen molar-refractivity contribution in [2.45, 2.75) is 49.9 Å². The number of carboxylic acids is 1. The molecule has 4 amide bonds. The number of benzene rings is 1. The van der Waals surface area contributed by atoms with Gasteiger partial charge in [-0.3, -0.25) is 19.2 Å². The first kappa shape index (κ1) is 29.7. The number of primary amides is 1. The molecule has 0 saturated carbocycles. The SMILES string of the molecule is NC(=O)CCC(NC(=O)C(CO)NC(=O)C(N)Cc1cnc[nH]1)C(=O)NC(Cc1ccc(O)cc1)C(=O)O. The van der Waals surface area contributed by atoms with Crippen LogP contribution in [0.15, 0.2) is 36.8 Å². The van der Waals surface area contributed by atoms with E-state index in [0.717, 1.165) is 0 Å². The molecule has 2 rings (SSSR count). The van der Waals surface area contributed by atoms with E-state index >= 15 is 0 Å². The maximum atomic E-state index is 12.9. The van der Waals surface area contributed by atoms with Crippen molar-refractivity contribution in [3.8, 4) is 5.75 Å². The topological polar surface area (TPSA) is 263 Å². The van der Waals surface area contributed by atoms with Crippen LogP contribution in [0.5, 0.6) is 5.75 Å². The highest BCUT2D eigenvalue weighted by atomic mass is 16.4. The molecule has 0 fully saturated rings. The number of aliphatic hydroxyl groups excluding tert-OH is 1. The number of aliphatic carboxylic acids is 1. The van der Waals surface area contributed by atoms with Gasteiger partial charge in [0.1, 0.15) is 23.9 Å². The fourth-order valence-electron chi connectivity index (χ4n) is 3.37. The molecule has 4 atom stereocenters. The molecule has 4 unspecified atom stereocenters. The quantitative estimate of drug-likeness (QED) is 0.112. The van der Waals surface area contributed by atoms with E-state index in [1.807, 2.05) is 0 Å². The summed E-state index contributed by atoms with van der Waals surface area (Å²) in [6.07, 6.45) is 2.22. The number of imidazole rings is 1. The standard InChI is InChI=1S/C23H31N7O8/c24-15(8-13-9-26-11-27-13)20(34)30-18(10-31)22(36)28-16(5-6-19(25)33)21(35)29-17(23(37)38)7-12-1-3-14(32)4-2-12/h1-4,9,11,15-18,31-32H,5-8,10,24H2,(H2,25,33)(H,26,27)(H,28,36)(H,29,35)(H,30,34)(H,37,38). The number of aliphatic hydroxyl groups is 1. The van der Waals surface area contributed by atoms with Crippen LogP contribution in [-0.4, -0.2) is 85.7 Å². The molecule has 1 heterocycles. The lowest BCUT2D eigenvalue weighted by atomic mass is 10.0. The van der Waals surface area contributed by atoms with Gasteiger partial charge in [0.25, 0.3) is 0 Å². The van der Waals surface area contributed by atoms with Crippen LogP contribution in [0.3, 0.4) is 0 Å². The average molecular weight is 534 g/mol. The van der Waals surface area contributed by atoms with Crippen molar-refractivity contribution in [1.82, 2.24) is 25.9 Å². The number of amides is 4. The first-order valence-electron chi connectivity index (χ1n) is 11.5. The predicted molar refractivity (Wildman–Crippen MR) is 131 cm³/mol. The van der Waals surface area contributed by atoms with Crippen LogP contribution in [-0.2, 0) is 36.8 Å². The maximum Gasteiger partial charge on any atom is 0.326 e. The minimum absolute atomic E-state index is 0.0216. The van der Waals surface area contributed by atoms with Gasteiger partial charge in [0.15, 0.2) is 0 Å². The second kappa shape index (κ2) is 14.3. The third-order valence-corrected chi connectivity index (χ3v) is 5.45. The zero-order valence-electron chi connectivity index (χ0n) is 20.3. The molecule has 38 heavy (non-hydrogen) atoms. The summed E-state index contributed by atoms with van der Waals surface area (Å²) in [4.78, 5) is 67.7. The molecule has 2 aromatic rings. The Hall–Kier alpha value is -4.50. The van der Waals surface area contributed by atoms with Crippen molar-refractivity contribution in [2.24, 2.45) is 11.5 Å². The zero-order valence-corrected chi connectivity index (χ0v) is 20.3. The van der Waals surface area contributed by atoms with Crippen molar-refractivity contribution < 1.29 is 39.3 Å². The third-order valence-electron chi connectivity index (χ3n) is 5.45. The second-order valence-corrected chi connectivity index (χ2v) is 8.47. The van der Waals surface area contributed by atoms with E-state index in [4.69, 9.17) is 11.5 Å². The summed E-state index contributed by atoms with van der Waals surface area (Å²) in [5.41, 5.74) is 12.1. The number of phenols is 1. The lowest BCUT2D eigenvalue weighted by molar-refractivity contribution is -0.142. The number of carboxylic acid groups (broad SMARTS) is 1. The third kappa shape index (κ3) is 9.51. The van der Waals surface area contributed by atoms with Crippen LogP contribution >= 0.6 is 0 Å². The highest BCUT2D eigenvalue weighted by Crippen LogP contribution is 2.12. The summed E-state index contributed by atoms with van der Waals surface area (Å²) in [5.74, 6) is -4.81. The number of nitrogens with two attached hydrogens (primary N) is 2. The number of carbonyl (C=O) groups is 5. The molecule has 0 spiro atoms. The molecule has 0 aliphatic carbocycles. The minimum atomic E-state index is -1.49. The number of aromatic amines is 1. The van der Waals surface area contributed by atoms with Gasteiger partial charge in [-0.25, -0.2) is 9.78 Å². The van der Waals surface area contributed by atoms with E-state index < -0.39 is 60.4 Å². The number of hydrogen-bond donors (Lipinski definition) is 9. The summed E-state index contributed by atoms with van der Waals surface area (Å²) >= 11 is 0. The summed E-state index contributed by atoms with van der Waals surface area (Å²) in [7, 11) is 0. The van der Waals surface area contributed by atoms with Gasteiger partial charge in [-0.15, -0.1) is 0 Å². The fourth-order valence-corrected chi connectivity index (χ4v) is 3.37. The smallest absolute Gasteiger partial charge is 0.326 e. The normalized spacial score (nSPS) is 13.9. The van der Waals surface area contributed by atoms with Gasteiger partial charge < -0.3 is 47.7 Å². The van der Waals surface area contributed by atoms with Crippen LogP contribution in [0.1, 0.15) is 24.1 Å². The number of aromatic nitrogens is 2. The number of nitrogens with zero attached hydrogens (tertiary/aromatic N) is 1. The van der Waals surface area contributed by atoms with Crippen molar-refractivity contribution in [1.29, 1.82) is 0 Å². The van der Waals surface area contributed by atoms with Gasteiger partial charge in [0, 0.05) is 31.2 Å². The van der Waals surface area contributed by atoms with E-state index in [0.29, 0.717) is 11.3 Å². The Balaban J connectivity index is 2.07. The number of nitrogens with one attached hydrogen (secondary N) is 4. The molecule has 15 heteroatoms. The molecular formula is C23H31N7O8. The molecule has 15 nitrogen and oxygen atoms in total. The summed E-state index contributed by atoms with van der Waals surface area (Å²) in [6.45, 7) is -0.836. The number of hydrogen-bond acceptors (Lipinski definition) is 9. The fraction of sp³-hybridized carbons (Fsp3) is 0.391. The first-order chi connectivity index (χ1) is 18.0. The van der Waals surface area contributed by atoms with E-state index in [-0.39, 0.29) is 31.4 Å². The van der Waals surface area contributed by atoms with Gasteiger partial charge in [-0.1, -0.05) is 12.1 Å². The van der Waals surface area contributed by atoms with Gasteiger partial charge in [0.2, 0.25) is 23.6 Å². The molecule has 1 aromatic carbocycles. The van der Waals surface area contributed by atoms with E-state index in [1.165, 1.54) is 36.8 Å². The van der Waals surface area contributed by atoms with Gasteiger partial charge in [-0.2, -0.15) is 0 Å². The maximum absolute atomic E-state index is 12.9. The second-order valence-electron chi connectivity index (χ2n) is 8.47. The number of carbonyl (C=O) groups excluding carboxylic acids is 4. The van der Waals surface area contributed by atoms with Crippen LogP contribution in [0.2, 0.25) is 0 Å². The number of H-pyrrole nitrogens is 1.